The maximum atomic E-state index is 11.7. The number of amides is 2. The molecule has 0 spiro atoms. The van der Waals surface area contributed by atoms with Gasteiger partial charge in [-0.1, -0.05) is 0 Å². The molecule has 0 saturated heterocycles. The molecule has 8 nitrogen and oxygen atoms in total. The van der Waals surface area contributed by atoms with Crippen molar-refractivity contribution in [2.45, 2.75) is 31.3 Å². The van der Waals surface area contributed by atoms with Gasteiger partial charge in [0.2, 0.25) is 0 Å². The van der Waals surface area contributed by atoms with Crippen LogP contribution in [0.1, 0.15) is 18.5 Å². The minimum Gasteiger partial charge on any atom is -0.480 e. The topological polar surface area (TPSA) is 110 Å². The van der Waals surface area contributed by atoms with Crippen molar-refractivity contribution >= 4 is 12.0 Å². The highest BCUT2D eigenvalue weighted by Crippen LogP contribution is 2.24. The molecule has 0 radical (unpaired) electrons. The number of aromatic amines is 1. The van der Waals surface area contributed by atoms with Gasteiger partial charge in [0, 0.05) is 37.4 Å². The zero-order valence-electron chi connectivity index (χ0n) is 12.0. The third-order valence-electron chi connectivity index (χ3n) is 3.50. The zero-order chi connectivity index (χ0) is 15.2. The molecule has 2 rings (SSSR count). The van der Waals surface area contributed by atoms with Crippen LogP contribution in [0.3, 0.4) is 0 Å². The number of H-pyrrole nitrogens is 1. The molecule has 1 aromatic heterocycles. The Labute approximate surface area is 122 Å². The largest absolute Gasteiger partial charge is 0.480 e. The summed E-state index contributed by atoms with van der Waals surface area (Å²) in [7, 11) is 2.02. The van der Waals surface area contributed by atoms with Crippen molar-refractivity contribution in [3.8, 4) is 0 Å². The molecule has 0 aliphatic heterocycles. The van der Waals surface area contributed by atoms with Gasteiger partial charge in [-0.2, -0.15) is 0 Å². The van der Waals surface area contributed by atoms with Gasteiger partial charge in [0.25, 0.3) is 0 Å². The minimum absolute atomic E-state index is 0.171. The Hall–Kier alpha value is -2.09. The molecule has 0 aromatic carbocycles. The first-order valence-electron chi connectivity index (χ1n) is 7.01. The van der Waals surface area contributed by atoms with Crippen LogP contribution >= 0.6 is 0 Å². The number of carbonyl (C=O) groups excluding carboxylic acids is 1. The lowest BCUT2D eigenvalue weighted by Gasteiger charge is -2.17. The molecule has 8 heteroatoms. The van der Waals surface area contributed by atoms with Crippen LogP contribution in [-0.4, -0.2) is 64.2 Å². The first-order valence-corrected chi connectivity index (χ1v) is 7.01. The van der Waals surface area contributed by atoms with Crippen LogP contribution in [0, 0.1) is 0 Å². The SMILES string of the molecule is CN(CCNC(=O)N[C@H](Cc1cnc[nH]1)C(=O)O)C1CC1. The van der Waals surface area contributed by atoms with Crippen LogP contribution in [0.5, 0.6) is 0 Å². The van der Waals surface area contributed by atoms with E-state index in [1.54, 1.807) is 6.20 Å². The van der Waals surface area contributed by atoms with Gasteiger partial charge in [-0.05, 0) is 19.9 Å². The minimum atomic E-state index is -1.07. The number of carboxylic acids is 1. The van der Waals surface area contributed by atoms with Gasteiger partial charge in [-0.3, -0.25) is 0 Å². The van der Waals surface area contributed by atoms with Crippen molar-refractivity contribution in [2.75, 3.05) is 20.1 Å². The summed E-state index contributed by atoms with van der Waals surface area (Å²) >= 11 is 0. The first kappa shape index (κ1) is 15.3. The Bertz CT molecular complexity index is 472. The monoisotopic (exact) mass is 295 g/mol. The summed E-state index contributed by atoms with van der Waals surface area (Å²) in [6.45, 7) is 1.26. The molecular weight excluding hydrogens is 274 g/mol. The molecule has 2 amide bonds. The Balaban J connectivity index is 1.71. The third kappa shape index (κ3) is 5.07. The second-order valence-corrected chi connectivity index (χ2v) is 5.28. The summed E-state index contributed by atoms with van der Waals surface area (Å²) in [5.41, 5.74) is 0.663. The van der Waals surface area contributed by atoms with Crippen molar-refractivity contribution in [1.29, 1.82) is 0 Å². The highest BCUT2D eigenvalue weighted by atomic mass is 16.4. The van der Waals surface area contributed by atoms with E-state index >= 15 is 0 Å². The fourth-order valence-electron chi connectivity index (χ4n) is 2.07. The van der Waals surface area contributed by atoms with Gasteiger partial charge in [0.15, 0.2) is 0 Å². The molecule has 1 atom stereocenters. The molecule has 21 heavy (non-hydrogen) atoms. The van der Waals surface area contributed by atoms with Gasteiger partial charge in [0.05, 0.1) is 6.33 Å². The maximum Gasteiger partial charge on any atom is 0.326 e. The number of aliphatic carboxylic acids is 1. The predicted octanol–water partition coefficient (Wildman–Crippen LogP) is -0.201. The Morgan fingerprint density at radius 1 is 1.57 bits per heavy atom. The van der Waals surface area contributed by atoms with Crippen molar-refractivity contribution in [3.63, 3.8) is 0 Å². The molecule has 4 N–H and O–H groups in total. The van der Waals surface area contributed by atoms with Crippen molar-refractivity contribution in [1.82, 2.24) is 25.5 Å². The molecule has 1 heterocycles. The summed E-state index contributed by atoms with van der Waals surface area (Å²) in [6, 6.07) is -0.806. The molecule has 1 saturated carbocycles. The van der Waals surface area contributed by atoms with E-state index in [0.717, 1.165) is 6.54 Å². The van der Waals surface area contributed by atoms with Gasteiger partial charge >= 0.3 is 12.0 Å². The average Bonchev–Trinajstić information content (AvgIpc) is 3.16. The fraction of sp³-hybridized carbons (Fsp3) is 0.615. The summed E-state index contributed by atoms with van der Waals surface area (Å²) in [5.74, 6) is -1.07. The van der Waals surface area contributed by atoms with E-state index in [4.69, 9.17) is 5.11 Å². The number of urea groups is 1. The quantitative estimate of drug-likeness (QED) is 0.531. The molecule has 1 aliphatic rings. The number of aromatic nitrogens is 2. The van der Waals surface area contributed by atoms with Gasteiger partial charge in [-0.15, -0.1) is 0 Å². The Kier molecular flexibility index (Phi) is 5.15. The molecule has 0 unspecified atom stereocenters. The van der Waals surface area contributed by atoms with Gasteiger partial charge in [-0.25, -0.2) is 14.6 Å². The van der Waals surface area contributed by atoms with Gasteiger partial charge < -0.3 is 25.6 Å². The van der Waals surface area contributed by atoms with Crippen molar-refractivity contribution in [3.05, 3.63) is 18.2 Å². The molecule has 1 fully saturated rings. The lowest BCUT2D eigenvalue weighted by atomic mass is 10.2. The number of imidazole rings is 1. The normalized spacial score (nSPS) is 15.7. The van der Waals surface area contributed by atoms with Crippen LogP contribution < -0.4 is 10.6 Å². The zero-order valence-corrected chi connectivity index (χ0v) is 12.0. The van der Waals surface area contributed by atoms with Crippen molar-refractivity contribution in [2.24, 2.45) is 0 Å². The number of carboxylic acid groups (broad SMARTS) is 1. The number of rotatable bonds is 8. The van der Waals surface area contributed by atoms with Crippen LogP contribution in [0.15, 0.2) is 12.5 Å². The van der Waals surface area contributed by atoms with Crippen LogP contribution in [0.4, 0.5) is 4.79 Å². The van der Waals surface area contributed by atoms with Crippen LogP contribution in [0.2, 0.25) is 0 Å². The van der Waals surface area contributed by atoms with Gasteiger partial charge in [0.1, 0.15) is 6.04 Å². The Morgan fingerprint density at radius 3 is 2.90 bits per heavy atom. The number of carbonyl (C=O) groups is 2. The maximum absolute atomic E-state index is 11.7. The van der Waals surface area contributed by atoms with E-state index in [-0.39, 0.29) is 6.42 Å². The van der Waals surface area contributed by atoms with Crippen LogP contribution in [-0.2, 0) is 11.2 Å². The lowest BCUT2D eigenvalue weighted by Crippen LogP contribution is -2.48. The molecule has 116 valence electrons. The highest BCUT2D eigenvalue weighted by molar-refractivity contribution is 5.82. The highest BCUT2D eigenvalue weighted by Gasteiger charge is 2.25. The van der Waals surface area contributed by atoms with E-state index in [1.807, 2.05) is 7.05 Å². The molecule has 1 aliphatic carbocycles. The first-order chi connectivity index (χ1) is 10.1. The molecule has 0 bridgehead atoms. The van der Waals surface area contributed by atoms with E-state index in [9.17, 15) is 9.59 Å². The average molecular weight is 295 g/mol. The number of nitrogens with zero attached hydrogens (tertiary/aromatic N) is 2. The lowest BCUT2D eigenvalue weighted by molar-refractivity contribution is -0.139. The van der Waals surface area contributed by atoms with E-state index in [0.29, 0.717) is 18.3 Å². The summed E-state index contributed by atoms with van der Waals surface area (Å²) < 4.78 is 0. The summed E-state index contributed by atoms with van der Waals surface area (Å²) in [5, 5.41) is 14.3. The third-order valence-corrected chi connectivity index (χ3v) is 3.50. The van der Waals surface area contributed by atoms with E-state index < -0.39 is 18.0 Å². The summed E-state index contributed by atoms with van der Waals surface area (Å²) in [6.07, 6.45) is 5.62. The number of hydrogen-bond donors (Lipinski definition) is 4. The smallest absolute Gasteiger partial charge is 0.326 e. The second-order valence-electron chi connectivity index (χ2n) is 5.28. The number of nitrogens with one attached hydrogen (secondary N) is 3. The predicted molar refractivity (Wildman–Crippen MR) is 75.9 cm³/mol. The van der Waals surface area contributed by atoms with E-state index in [1.165, 1.54) is 19.2 Å². The second kappa shape index (κ2) is 7.07. The number of hydrogen-bond acceptors (Lipinski definition) is 4. The fourth-order valence-corrected chi connectivity index (χ4v) is 2.07. The summed E-state index contributed by atoms with van der Waals surface area (Å²) in [4.78, 5) is 31.7. The van der Waals surface area contributed by atoms with E-state index in [2.05, 4.69) is 25.5 Å². The molecular formula is C13H21N5O3. The van der Waals surface area contributed by atoms with Crippen LogP contribution in [0.25, 0.3) is 0 Å². The Morgan fingerprint density at radius 2 is 2.33 bits per heavy atom. The molecule has 1 aromatic rings. The number of likely N-dealkylation sites (N-methyl/N-ethyl adjacent to an activating group) is 1. The standard InChI is InChI=1S/C13H21N5O3/c1-18(10-2-3-10)5-4-15-13(21)17-11(12(19)20)6-9-7-14-8-16-9/h7-8,10-11H,2-6H2,1H3,(H,14,16)(H,19,20)(H2,15,17,21)/t11-/m1/s1. The van der Waals surface area contributed by atoms with Crippen molar-refractivity contribution < 1.29 is 14.7 Å².